The van der Waals surface area contributed by atoms with Crippen molar-refractivity contribution in [3.05, 3.63) is 53.3 Å². The fraction of sp³-hybridized carbons (Fsp3) is 0.286. The van der Waals surface area contributed by atoms with Gasteiger partial charge in [0, 0.05) is 25.0 Å². The molecule has 2 heterocycles. The maximum Gasteiger partial charge on any atom is 0.244 e. The van der Waals surface area contributed by atoms with Crippen LogP contribution in [0.2, 0.25) is 0 Å². The van der Waals surface area contributed by atoms with Crippen molar-refractivity contribution in [3.63, 3.8) is 0 Å². The van der Waals surface area contributed by atoms with Crippen LogP contribution in [0.4, 0.5) is 0 Å². The zero-order valence-electron chi connectivity index (χ0n) is 10.9. The average Bonchev–Trinajstić information content (AvgIpc) is 2.96. The van der Waals surface area contributed by atoms with Crippen LogP contribution in [0.5, 0.6) is 0 Å². The highest BCUT2D eigenvalue weighted by atomic mass is 32.2. The molecule has 1 aliphatic heterocycles. The van der Waals surface area contributed by atoms with Crippen LogP contribution in [-0.4, -0.2) is 29.4 Å². The molecular weight excluding hydrogens is 276 g/mol. The van der Waals surface area contributed by atoms with Crippen LogP contribution in [0.15, 0.2) is 41.4 Å². The van der Waals surface area contributed by atoms with Crippen LogP contribution in [0, 0.1) is 0 Å². The Balaban J connectivity index is 1.90. The number of hydrogen-bond acceptors (Lipinski definition) is 3. The number of sulfonamides is 1. The molecule has 0 amide bonds. The SMILES string of the molecule is O=S(=O)(c1c[nH]c(CO)c1)N1CCc2ccccc2C1. The van der Waals surface area contributed by atoms with E-state index in [9.17, 15) is 8.42 Å². The Morgan fingerprint density at radius 1 is 1.25 bits per heavy atom. The number of aliphatic hydroxyl groups excluding tert-OH is 1. The van der Waals surface area contributed by atoms with Crippen molar-refractivity contribution < 1.29 is 13.5 Å². The van der Waals surface area contributed by atoms with E-state index in [0.29, 0.717) is 18.8 Å². The first kappa shape index (κ1) is 13.4. The summed E-state index contributed by atoms with van der Waals surface area (Å²) in [7, 11) is -3.50. The molecule has 6 heteroatoms. The van der Waals surface area contributed by atoms with E-state index in [2.05, 4.69) is 4.98 Å². The van der Waals surface area contributed by atoms with Crippen LogP contribution in [0.25, 0.3) is 0 Å². The first-order valence-corrected chi connectivity index (χ1v) is 7.90. The van der Waals surface area contributed by atoms with Gasteiger partial charge in [0.1, 0.15) is 0 Å². The molecule has 5 nitrogen and oxygen atoms in total. The second kappa shape index (κ2) is 5.05. The van der Waals surface area contributed by atoms with E-state index >= 15 is 0 Å². The third-order valence-corrected chi connectivity index (χ3v) is 5.44. The molecule has 1 aromatic carbocycles. The second-order valence-corrected chi connectivity index (χ2v) is 6.81. The number of benzene rings is 1. The first-order valence-electron chi connectivity index (χ1n) is 6.46. The van der Waals surface area contributed by atoms with E-state index < -0.39 is 10.0 Å². The predicted octanol–water partition coefficient (Wildman–Crippen LogP) is 1.25. The number of nitrogens with one attached hydrogen (secondary N) is 1. The van der Waals surface area contributed by atoms with Gasteiger partial charge in [-0.1, -0.05) is 24.3 Å². The molecule has 2 N–H and O–H groups in total. The molecule has 0 saturated heterocycles. The van der Waals surface area contributed by atoms with Gasteiger partial charge in [-0.3, -0.25) is 0 Å². The molecule has 0 bridgehead atoms. The molecule has 20 heavy (non-hydrogen) atoms. The summed E-state index contributed by atoms with van der Waals surface area (Å²) < 4.78 is 26.6. The standard InChI is InChI=1S/C14H16N2O3S/c17-10-13-7-14(8-15-13)20(18,19)16-6-5-11-3-1-2-4-12(11)9-16/h1-4,7-8,15,17H,5-6,9-10H2. The van der Waals surface area contributed by atoms with Gasteiger partial charge in [0.15, 0.2) is 0 Å². The number of rotatable bonds is 3. The zero-order valence-corrected chi connectivity index (χ0v) is 11.7. The lowest BCUT2D eigenvalue weighted by Crippen LogP contribution is -2.35. The van der Waals surface area contributed by atoms with Gasteiger partial charge in [-0.15, -0.1) is 0 Å². The summed E-state index contributed by atoms with van der Waals surface area (Å²) in [5, 5.41) is 9.02. The Bertz CT molecular complexity index is 722. The van der Waals surface area contributed by atoms with Crippen molar-refractivity contribution in [1.82, 2.24) is 9.29 Å². The van der Waals surface area contributed by atoms with Gasteiger partial charge in [0.05, 0.1) is 11.5 Å². The van der Waals surface area contributed by atoms with Crippen molar-refractivity contribution in [2.75, 3.05) is 6.54 Å². The monoisotopic (exact) mass is 292 g/mol. The molecule has 1 aliphatic rings. The third kappa shape index (κ3) is 2.26. The fourth-order valence-corrected chi connectivity index (χ4v) is 3.92. The zero-order chi connectivity index (χ0) is 14.2. The predicted molar refractivity (Wildman–Crippen MR) is 74.5 cm³/mol. The van der Waals surface area contributed by atoms with Gasteiger partial charge in [-0.25, -0.2) is 8.42 Å². The highest BCUT2D eigenvalue weighted by Crippen LogP contribution is 2.25. The maximum atomic E-state index is 12.6. The topological polar surface area (TPSA) is 73.4 Å². The Labute approximate surface area is 117 Å². The van der Waals surface area contributed by atoms with Gasteiger partial charge in [0.2, 0.25) is 10.0 Å². The molecule has 1 aromatic heterocycles. The van der Waals surface area contributed by atoms with Gasteiger partial charge in [-0.2, -0.15) is 4.31 Å². The van der Waals surface area contributed by atoms with Crippen LogP contribution in [0.1, 0.15) is 16.8 Å². The molecule has 0 aliphatic carbocycles. The third-order valence-electron chi connectivity index (χ3n) is 3.62. The van der Waals surface area contributed by atoms with E-state index in [1.807, 2.05) is 24.3 Å². The van der Waals surface area contributed by atoms with Crippen LogP contribution in [-0.2, 0) is 29.6 Å². The van der Waals surface area contributed by atoms with Crippen LogP contribution in [0.3, 0.4) is 0 Å². The van der Waals surface area contributed by atoms with E-state index in [-0.39, 0.29) is 11.5 Å². The fourth-order valence-electron chi connectivity index (χ4n) is 2.48. The van der Waals surface area contributed by atoms with Crippen molar-refractivity contribution in [3.8, 4) is 0 Å². The second-order valence-electron chi connectivity index (χ2n) is 4.88. The summed E-state index contributed by atoms with van der Waals surface area (Å²) in [5.74, 6) is 0. The normalized spacial score (nSPS) is 16.1. The molecule has 0 radical (unpaired) electrons. The molecule has 0 unspecified atom stereocenters. The minimum Gasteiger partial charge on any atom is -0.390 e. The minimum absolute atomic E-state index is 0.196. The number of H-pyrrole nitrogens is 1. The summed E-state index contributed by atoms with van der Waals surface area (Å²) >= 11 is 0. The Morgan fingerprint density at radius 2 is 2.00 bits per heavy atom. The Morgan fingerprint density at radius 3 is 2.70 bits per heavy atom. The number of aliphatic hydroxyl groups is 1. The highest BCUT2D eigenvalue weighted by Gasteiger charge is 2.28. The van der Waals surface area contributed by atoms with Crippen LogP contribution >= 0.6 is 0 Å². The van der Waals surface area contributed by atoms with E-state index in [1.165, 1.54) is 22.1 Å². The summed E-state index contributed by atoms with van der Waals surface area (Å²) in [4.78, 5) is 2.97. The van der Waals surface area contributed by atoms with E-state index in [1.54, 1.807) is 0 Å². The minimum atomic E-state index is -3.50. The van der Waals surface area contributed by atoms with Crippen molar-refractivity contribution in [2.45, 2.75) is 24.5 Å². The lowest BCUT2D eigenvalue weighted by molar-refractivity contribution is 0.277. The summed E-state index contributed by atoms with van der Waals surface area (Å²) in [5.41, 5.74) is 2.77. The molecule has 0 saturated carbocycles. The molecule has 0 atom stereocenters. The Kier molecular flexibility index (Phi) is 3.37. The average molecular weight is 292 g/mol. The smallest absolute Gasteiger partial charge is 0.244 e. The number of fused-ring (bicyclic) bond motifs is 1. The first-order chi connectivity index (χ1) is 9.61. The molecule has 2 aromatic rings. The Hall–Kier alpha value is -1.63. The van der Waals surface area contributed by atoms with Gasteiger partial charge >= 0.3 is 0 Å². The lowest BCUT2D eigenvalue weighted by Gasteiger charge is -2.27. The van der Waals surface area contributed by atoms with E-state index in [4.69, 9.17) is 5.11 Å². The number of aromatic nitrogens is 1. The lowest BCUT2D eigenvalue weighted by atomic mass is 10.0. The maximum absolute atomic E-state index is 12.6. The summed E-state index contributed by atoms with van der Waals surface area (Å²) in [6.07, 6.45) is 2.16. The summed E-state index contributed by atoms with van der Waals surface area (Å²) in [6, 6.07) is 9.39. The number of hydrogen-bond donors (Lipinski definition) is 2. The van der Waals surface area contributed by atoms with Crippen molar-refractivity contribution in [1.29, 1.82) is 0 Å². The van der Waals surface area contributed by atoms with Gasteiger partial charge in [0.25, 0.3) is 0 Å². The quantitative estimate of drug-likeness (QED) is 0.894. The summed E-state index contributed by atoms with van der Waals surface area (Å²) in [6.45, 7) is 0.690. The molecular formula is C14H16N2O3S. The molecule has 0 fully saturated rings. The van der Waals surface area contributed by atoms with E-state index in [0.717, 1.165) is 12.0 Å². The van der Waals surface area contributed by atoms with Crippen LogP contribution < -0.4 is 0 Å². The molecule has 3 rings (SSSR count). The van der Waals surface area contributed by atoms with Gasteiger partial charge in [-0.05, 0) is 23.6 Å². The largest absolute Gasteiger partial charge is 0.390 e. The molecule has 106 valence electrons. The number of nitrogens with zero attached hydrogens (tertiary/aromatic N) is 1. The molecule has 0 spiro atoms. The van der Waals surface area contributed by atoms with Crippen molar-refractivity contribution in [2.24, 2.45) is 0 Å². The van der Waals surface area contributed by atoms with Crippen molar-refractivity contribution >= 4 is 10.0 Å². The highest BCUT2D eigenvalue weighted by molar-refractivity contribution is 7.89. The number of aromatic amines is 1. The van der Waals surface area contributed by atoms with Gasteiger partial charge < -0.3 is 10.1 Å².